The predicted molar refractivity (Wildman–Crippen MR) is 125 cm³/mol. The number of carbonyl (C=O) groups excluding carboxylic acids is 4. The van der Waals surface area contributed by atoms with Gasteiger partial charge in [-0.2, -0.15) is 0 Å². The van der Waals surface area contributed by atoms with Crippen molar-refractivity contribution < 1.29 is 33.4 Å². The van der Waals surface area contributed by atoms with E-state index in [0.29, 0.717) is 5.56 Å². The summed E-state index contributed by atoms with van der Waals surface area (Å²) in [6.45, 7) is 4.95. The third-order valence-electron chi connectivity index (χ3n) is 4.41. The molecule has 34 heavy (non-hydrogen) atoms. The molecule has 0 fully saturated rings. The molecule has 0 spiro atoms. The van der Waals surface area contributed by atoms with Crippen LogP contribution in [0, 0.1) is 0 Å². The number of Topliss-reactive ketones (excluding diaryl/α,β-unsaturated/α-hetero) is 1. The van der Waals surface area contributed by atoms with Gasteiger partial charge in [-0.3, -0.25) is 4.79 Å². The molecule has 0 aliphatic carbocycles. The first-order valence-corrected chi connectivity index (χ1v) is 10.7. The van der Waals surface area contributed by atoms with Gasteiger partial charge in [0.1, 0.15) is 23.8 Å². The Hall–Kier alpha value is -3.94. The second-order valence-corrected chi connectivity index (χ2v) is 8.38. The summed E-state index contributed by atoms with van der Waals surface area (Å²) in [6.07, 6.45) is -0.0291. The highest BCUT2D eigenvalue weighted by molar-refractivity contribution is 6.21. The van der Waals surface area contributed by atoms with Crippen molar-refractivity contribution in [2.75, 3.05) is 7.11 Å². The highest BCUT2D eigenvalue weighted by atomic mass is 16.6. The lowest BCUT2D eigenvalue weighted by molar-refractivity contribution is -0.145. The zero-order chi connectivity index (χ0) is 25.1. The molecule has 1 N–H and O–H groups in total. The summed E-state index contributed by atoms with van der Waals surface area (Å²) < 4.78 is 15.2. The van der Waals surface area contributed by atoms with Crippen molar-refractivity contribution in [3.8, 4) is 0 Å². The number of hydrogen-bond acceptors (Lipinski definition) is 7. The lowest BCUT2D eigenvalue weighted by Gasteiger charge is -2.22. The molecule has 0 saturated carbocycles. The van der Waals surface area contributed by atoms with Gasteiger partial charge in [-0.05, 0) is 38.0 Å². The molecule has 2 rings (SSSR count). The molecule has 0 saturated heterocycles. The van der Waals surface area contributed by atoms with Crippen molar-refractivity contribution in [1.82, 2.24) is 5.32 Å². The van der Waals surface area contributed by atoms with Gasteiger partial charge < -0.3 is 19.5 Å². The van der Waals surface area contributed by atoms with Crippen molar-refractivity contribution in [2.24, 2.45) is 0 Å². The van der Waals surface area contributed by atoms with E-state index in [1.807, 2.05) is 6.07 Å². The highest BCUT2D eigenvalue weighted by Gasteiger charge is 2.30. The number of methoxy groups -OCH3 is 1. The fourth-order valence-corrected chi connectivity index (χ4v) is 2.85. The van der Waals surface area contributed by atoms with Crippen molar-refractivity contribution in [1.29, 1.82) is 0 Å². The Labute approximate surface area is 198 Å². The third-order valence-corrected chi connectivity index (χ3v) is 4.41. The van der Waals surface area contributed by atoms with Gasteiger partial charge in [0, 0.05) is 6.42 Å². The number of carbonyl (C=O) groups is 4. The van der Waals surface area contributed by atoms with Gasteiger partial charge in [0.25, 0.3) is 0 Å². The number of nitrogens with one attached hydrogen (secondary N) is 1. The molecule has 0 bridgehead atoms. The maximum absolute atomic E-state index is 13.1. The summed E-state index contributed by atoms with van der Waals surface area (Å²) in [7, 11) is 1.13. The number of rotatable bonds is 9. The van der Waals surface area contributed by atoms with E-state index in [0.717, 1.165) is 12.7 Å². The molecule has 8 heteroatoms. The van der Waals surface area contributed by atoms with Crippen molar-refractivity contribution in [3.05, 3.63) is 77.4 Å². The number of ketones is 1. The van der Waals surface area contributed by atoms with Gasteiger partial charge in [-0.15, -0.1) is 0 Å². The van der Waals surface area contributed by atoms with Crippen LogP contribution in [0.25, 0.3) is 6.08 Å². The average Bonchev–Trinajstić information content (AvgIpc) is 2.80. The molecule has 1 atom stereocenters. The van der Waals surface area contributed by atoms with E-state index >= 15 is 0 Å². The van der Waals surface area contributed by atoms with Crippen LogP contribution in [0.1, 0.15) is 38.3 Å². The molecule has 2 aromatic rings. The Morgan fingerprint density at radius 1 is 0.941 bits per heavy atom. The molecular formula is C26H29NO7. The second kappa shape index (κ2) is 12.3. The summed E-state index contributed by atoms with van der Waals surface area (Å²) in [6, 6.07) is 16.4. The van der Waals surface area contributed by atoms with Gasteiger partial charge in [-0.25, -0.2) is 14.4 Å². The summed E-state index contributed by atoms with van der Waals surface area (Å²) in [5, 5.41) is 2.33. The van der Waals surface area contributed by atoms with Crippen LogP contribution >= 0.6 is 0 Å². The van der Waals surface area contributed by atoms with E-state index in [2.05, 4.69) is 5.32 Å². The largest absolute Gasteiger partial charge is 0.467 e. The minimum absolute atomic E-state index is 0.0321. The zero-order valence-corrected chi connectivity index (χ0v) is 19.7. The van der Waals surface area contributed by atoms with Gasteiger partial charge in [0.05, 0.1) is 7.11 Å². The molecule has 0 unspecified atom stereocenters. The first-order chi connectivity index (χ1) is 16.1. The van der Waals surface area contributed by atoms with E-state index in [9.17, 15) is 19.2 Å². The van der Waals surface area contributed by atoms with Crippen molar-refractivity contribution in [2.45, 2.75) is 45.4 Å². The maximum Gasteiger partial charge on any atom is 0.408 e. The Kier molecular flexibility index (Phi) is 9.55. The van der Waals surface area contributed by atoms with Crippen molar-refractivity contribution >= 4 is 29.9 Å². The summed E-state index contributed by atoms with van der Waals surface area (Å²) in [5.41, 5.74) is 0.273. The molecular weight excluding hydrogens is 438 g/mol. The topological polar surface area (TPSA) is 108 Å². The fraction of sp³-hybridized carbons (Fsp3) is 0.308. The van der Waals surface area contributed by atoms with E-state index < -0.39 is 41.9 Å². The molecule has 0 aromatic heterocycles. The van der Waals surface area contributed by atoms with E-state index in [1.54, 1.807) is 75.4 Å². The molecule has 180 valence electrons. The molecule has 0 aliphatic heterocycles. The fourth-order valence-electron chi connectivity index (χ4n) is 2.85. The van der Waals surface area contributed by atoms with Gasteiger partial charge in [0.15, 0.2) is 5.78 Å². The average molecular weight is 468 g/mol. The van der Waals surface area contributed by atoms with E-state index in [4.69, 9.17) is 14.2 Å². The number of ether oxygens (including phenoxy) is 3. The molecule has 2 aromatic carbocycles. The third kappa shape index (κ3) is 8.90. The van der Waals surface area contributed by atoms with Gasteiger partial charge in [-0.1, -0.05) is 60.7 Å². The molecule has 0 radical (unpaired) electrons. The van der Waals surface area contributed by atoms with Crippen LogP contribution in [0.2, 0.25) is 0 Å². The summed E-state index contributed by atoms with van der Waals surface area (Å²) in [5.74, 6) is -2.40. The standard InChI is InChI=1S/C26H29NO7/c1-26(2,3)34-25(31)27-21(24(30)32-4)16-22(28)20(15-18-11-7-5-8-12-18)23(29)33-17-19-13-9-6-10-14-19/h5-15,21H,16-17H2,1-4H3,(H,27,31)/b20-15-/t21-/m0/s1. The van der Waals surface area contributed by atoms with Crippen LogP contribution in [0.15, 0.2) is 66.2 Å². The first kappa shape index (κ1) is 26.3. The molecule has 0 heterocycles. The SMILES string of the molecule is COC(=O)[C@H](CC(=O)/C(=C/c1ccccc1)C(=O)OCc1ccccc1)NC(=O)OC(C)(C)C. The summed E-state index contributed by atoms with van der Waals surface area (Å²) in [4.78, 5) is 50.4. The normalized spacial score (nSPS) is 12.3. The van der Waals surface area contributed by atoms with Crippen LogP contribution < -0.4 is 5.32 Å². The van der Waals surface area contributed by atoms with Gasteiger partial charge >= 0.3 is 18.0 Å². The number of esters is 2. The smallest absolute Gasteiger partial charge is 0.408 e. The van der Waals surface area contributed by atoms with Gasteiger partial charge in [0.2, 0.25) is 0 Å². The quantitative estimate of drug-likeness (QED) is 0.196. The second-order valence-electron chi connectivity index (χ2n) is 8.38. The van der Waals surface area contributed by atoms with Crippen LogP contribution in [0.3, 0.4) is 0 Å². The van der Waals surface area contributed by atoms with Crippen LogP contribution in [-0.2, 0) is 35.2 Å². The first-order valence-electron chi connectivity index (χ1n) is 10.7. The molecule has 8 nitrogen and oxygen atoms in total. The lowest BCUT2D eigenvalue weighted by atomic mass is 10.0. The van der Waals surface area contributed by atoms with E-state index in [-0.39, 0.29) is 12.2 Å². The number of hydrogen-bond donors (Lipinski definition) is 1. The Balaban J connectivity index is 2.24. The number of benzene rings is 2. The number of alkyl carbamates (subject to hydrolysis) is 1. The van der Waals surface area contributed by atoms with Crippen LogP contribution in [0.5, 0.6) is 0 Å². The van der Waals surface area contributed by atoms with Crippen LogP contribution in [0.4, 0.5) is 4.79 Å². The van der Waals surface area contributed by atoms with E-state index in [1.165, 1.54) is 6.08 Å². The molecule has 1 amide bonds. The Morgan fingerprint density at radius 3 is 2.09 bits per heavy atom. The minimum Gasteiger partial charge on any atom is -0.467 e. The number of amides is 1. The highest BCUT2D eigenvalue weighted by Crippen LogP contribution is 2.15. The summed E-state index contributed by atoms with van der Waals surface area (Å²) >= 11 is 0. The maximum atomic E-state index is 13.1. The molecule has 0 aliphatic rings. The monoisotopic (exact) mass is 467 g/mol. The Bertz CT molecular complexity index is 1020. The lowest BCUT2D eigenvalue weighted by Crippen LogP contribution is -2.45. The predicted octanol–water partition coefficient (Wildman–Crippen LogP) is 3.84. The Morgan fingerprint density at radius 2 is 1.53 bits per heavy atom. The van der Waals surface area contributed by atoms with Crippen LogP contribution in [-0.4, -0.2) is 42.6 Å². The van der Waals surface area contributed by atoms with Crippen molar-refractivity contribution in [3.63, 3.8) is 0 Å². The zero-order valence-electron chi connectivity index (χ0n) is 19.7. The minimum atomic E-state index is -1.35.